The SMILES string of the molecule is CNC(c1cc(C)cc(C)c1)C1CSC(C)C(C)S1. The van der Waals surface area contributed by atoms with Crippen molar-refractivity contribution in [2.75, 3.05) is 12.8 Å². The second-order valence-electron chi connectivity index (χ2n) is 5.61. The number of aryl methyl sites for hydroxylation is 2. The Morgan fingerprint density at radius 3 is 2.26 bits per heavy atom. The monoisotopic (exact) mass is 295 g/mol. The van der Waals surface area contributed by atoms with Gasteiger partial charge >= 0.3 is 0 Å². The van der Waals surface area contributed by atoms with Crippen molar-refractivity contribution < 1.29 is 0 Å². The molecule has 4 unspecified atom stereocenters. The van der Waals surface area contributed by atoms with Crippen LogP contribution in [0.2, 0.25) is 0 Å². The first-order chi connectivity index (χ1) is 9.01. The van der Waals surface area contributed by atoms with E-state index in [1.807, 2.05) is 0 Å². The van der Waals surface area contributed by atoms with Crippen LogP contribution in [0.5, 0.6) is 0 Å². The van der Waals surface area contributed by atoms with Gasteiger partial charge in [0.05, 0.1) is 0 Å². The molecule has 1 aromatic rings. The van der Waals surface area contributed by atoms with Crippen molar-refractivity contribution in [3.63, 3.8) is 0 Å². The maximum absolute atomic E-state index is 3.54. The first-order valence-corrected chi connectivity index (χ1v) is 9.03. The lowest BCUT2D eigenvalue weighted by atomic mass is 9.99. The van der Waals surface area contributed by atoms with E-state index in [4.69, 9.17) is 0 Å². The van der Waals surface area contributed by atoms with Gasteiger partial charge in [0.2, 0.25) is 0 Å². The molecule has 0 spiro atoms. The van der Waals surface area contributed by atoms with Crippen LogP contribution >= 0.6 is 23.5 Å². The molecule has 1 nitrogen and oxygen atoms in total. The fourth-order valence-electron chi connectivity index (χ4n) is 2.74. The van der Waals surface area contributed by atoms with Crippen molar-refractivity contribution >= 4 is 23.5 Å². The van der Waals surface area contributed by atoms with Gasteiger partial charge in [-0.3, -0.25) is 0 Å². The van der Waals surface area contributed by atoms with Crippen molar-refractivity contribution in [2.45, 2.75) is 49.5 Å². The minimum absolute atomic E-state index is 0.464. The Morgan fingerprint density at radius 2 is 1.74 bits per heavy atom. The molecule has 0 aliphatic carbocycles. The minimum Gasteiger partial charge on any atom is -0.312 e. The summed E-state index contributed by atoms with van der Waals surface area (Å²) in [6.45, 7) is 9.10. The predicted molar refractivity (Wildman–Crippen MR) is 90.5 cm³/mol. The topological polar surface area (TPSA) is 12.0 Å². The number of benzene rings is 1. The molecule has 3 heteroatoms. The van der Waals surface area contributed by atoms with Gasteiger partial charge in [0.1, 0.15) is 0 Å². The lowest BCUT2D eigenvalue weighted by molar-refractivity contribution is 0.587. The lowest BCUT2D eigenvalue weighted by Crippen LogP contribution is -2.35. The predicted octanol–water partition coefficient (Wildman–Crippen LogP) is 4.19. The molecule has 0 radical (unpaired) electrons. The molecule has 1 aromatic carbocycles. The molecule has 2 rings (SSSR count). The maximum atomic E-state index is 3.54. The molecule has 1 heterocycles. The summed E-state index contributed by atoms with van der Waals surface area (Å²) in [6, 6.07) is 7.39. The zero-order chi connectivity index (χ0) is 14.0. The van der Waals surface area contributed by atoms with E-state index in [-0.39, 0.29) is 0 Å². The first-order valence-electron chi connectivity index (χ1n) is 7.03. The van der Waals surface area contributed by atoms with Crippen LogP contribution < -0.4 is 5.32 Å². The van der Waals surface area contributed by atoms with Gasteiger partial charge in [-0.1, -0.05) is 43.2 Å². The van der Waals surface area contributed by atoms with E-state index in [2.05, 4.69) is 81.8 Å². The molecule has 1 aliphatic heterocycles. The summed E-state index contributed by atoms with van der Waals surface area (Å²) in [4.78, 5) is 0. The van der Waals surface area contributed by atoms with Gasteiger partial charge in [-0.25, -0.2) is 0 Å². The number of hydrogen-bond acceptors (Lipinski definition) is 3. The van der Waals surface area contributed by atoms with E-state index in [0.717, 1.165) is 10.5 Å². The summed E-state index contributed by atoms with van der Waals surface area (Å²) in [7, 11) is 2.09. The molecule has 106 valence electrons. The van der Waals surface area contributed by atoms with Gasteiger partial charge in [-0.15, -0.1) is 0 Å². The summed E-state index contributed by atoms with van der Waals surface area (Å²) in [6.07, 6.45) is 0. The standard InChI is InChI=1S/C16H25NS2/c1-10-6-11(2)8-14(7-10)16(17-5)15-9-18-12(3)13(4)19-15/h6-8,12-13,15-17H,9H2,1-5H3. The third-order valence-electron chi connectivity index (χ3n) is 3.86. The Kier molecular flexibility index (Phi) is 5.27. The number of nitrogens with one attached hydrogen (secondary N) is 1. The van der Waals surface area contributed by atoms with Crippen LogP contribution in [0.3, 0.4) is 0 Å². The molecule has 0 amide bonds. The Bertz CT molecular complexity index is 413. The van der Waals surface area contributed by atoms with Gasteiger partial charge in [0, 0.05) is 27.5 Å². The average Bonchev–Trinajstić information content (AvgIpc) is 2.33. The van der Waals surface area contributed by atoms with E-state index >= 15 is 0 Å². The second-order valence-corrected chi connectivity index (χ2v) is 8.64. The van der Waals surface area contributed by atoms with E-state index in [1.54, 1.807) is 0 Å². The Morgan fingerprint density at radius 1 is 1.11 bits per heavy atom. The van der Waals surface area contributed by atoms with Gasteiger partial charge in [0.25, 0.3) is 0 Å². The van der Waals surface area contributed by atoms with Crippen LogP contribution in [0.15, 0.2) is 18.2 Å². The smallest absolute Gasteiger partial charge is 0.0446 e. The summed E-state index contributed by atoms with van der Waals surface area (Å²) in [5, 5.41) is 5.73. The molecule has 0 saturated carbocycles. The largest absolute Gasteiger partial charge is 0.312 e. The van der Waals surface area contributed by atoms with E-state index in [0.29, 0.717) is 11.3 Å². The first kappa shape index (κ1) is 15.3. The number of hydrogen-bond donors (Lipinski definition) is 1. The van der Waals surface area contributed by atoms with Gasteiger partial charge < -0.3 is 5.32 Å². The highest BCUT2D eigenvalue weighted by molar-refractivity contribution is 8.07. The molecule has 4 atom stereocenters. The van der Waals surface area contributed by atoms with Crippen LogP contribution in [-0.4, -0.2) is 28.6 Å². The molecular formula is C16H25NS2. The van der Waals surface area contributed by atoms with Crippen molar-refractivity contribution in [3.05, 3.63) is 34.9 Å². The molecule has 1 saturated heterocycles. The summed E-state index contributed by atoms with van der Waals surface area (Å²) < 4.78 is 0. The van der Waals surface area contributed by atoms with Crippen molar-refractivity contribution in [2.24, 2.45) is 0 Å². The molecular weight excluding hydrogens is 270 g/mol. The van der Waals surface area contributed by atoms with Crippen molar-refractivity contribution in [1.29, 1.82) is 0 Å². The van der Waals surface area contributed by atoms with Crippen LogP contribution in [0.25, 0.3) is 0 Å². The van der Waals surface area contributed by atoms with Crippen LogP contribution in [-0.2, 0) is 0 Å². The zero-order valence-electron chi connectivity index (χ0n) is 12.6. The van der Waals surface area contributed by atoms with E-state index < -0.39 is 0 Å². The highest BCUT2D eigenvalue weighted by Crippen LogP contribution is 2.41. The highest BCUT2D eigenvalue weighted by Gasteiger charge is 2.31. The average molecular weight is 296 g/mol. The van der Waals surface area contributed by atoms with Crippen molar-refractivity contribution in [1.82, 2.24) is 5.32 Å². The molecule has 0 aromatic heterocycles. The third-order valence-corrected chi connectivity index (χ3v) is 7.35. The van der Waals surface area contributed by atoms with Crippen molar-refractivity contribution in [3.8, 4) is 0 Å². The normalized spacial score (nSPS) is 29.2. The molecule has 19 heavy (non-hydrogen) atoms. The molecule has 1 N–H and O–H groups in total. The lowest BCUT2D eigenvalue weighted by Gasteiger charge is -2.36. The Hall–Kier alpha value is -0.120. The van der Waals surface area contributed by atoms with E-state index in [1.165, 1.54) is 22.4 Å². The van der Waals surface area contributed by atoms with Gasteiger partial charge in [-0.2, -0.15) is 23.5 Å². The second kappa shape index (κ2) is 6.55. The van der Waals surface area contributed by atoms with Crippen LogP contribution in [0.4, 0.5) is 0 Å². The van der Waals surface area contributed by atoms with Crippen LogP contribution in [0, 0.1) is 13.8 Å². The third kappa shape index (κ3) is 3.71. The van der Waals surface area contributed by atoms with E-state index in [9.17, 15) is 0 Å². The molecule has 1 aliphatic rings. The summed E-state index contributed by atoms with van der Waals surface area (Å²) in [5.41, 5.74) is 4.18. The molecule has 0 bridgehead atoms. The van der Waals surface area contributed by atoms with Gasteiger partial charge in [-0.05, 0) is 26.5 Å². The fourth-order valence-corrected chi connectivity index (χ4v) is 5.90. The number of rotatable bonds is 3. The zero-order valence-corrected chi connectivity index (χ0v) is 14.2. The maximum Gasteiger partial charge on any atom is 0.0446 e. The Labute approximate surface area is 126 Å². The molecule has 1 fully saturated rings. The van der Waals surface area contributed by atoms with Crippen LogP contribution in [0.1, 0.15) is 36.6 Å². The minimum atomic E-state index is 0.464. The quantitative estimate of drug-likeness (QED) is 0.898. The number of thioether (sulfide) groups is 2. The summed E-state index contributed by atoms with van der Waals surface area (Å²) in [5.74, 6) is 1.24. The fraction of sp³-hybridized carbons (Fsp3) is 0.625. The Balaban J connectivity index is 2.19. The highest BCUT2D eigenvalue weighted by atomic mass is 32.2. The van der Waals surface area contributed by atoms with Gasteiger partial charge in [0.15, 0.2) is 0 Å². The summed E-state index contributed by atoms with van der Waals surface area (Å²) >= 11 is 4.27.